The summed E-state index contributed by atoms with van der Waals surface area (Å²) in [5.74, 6) is 0. The van der Waals surface area contributed by atoms with Gasteiger partial charge in [0.05, 0.1) is 6.04 Å². The van der Waals surface area contributed by atoms with Gasteiger partial charge in [-0.3, -0.25) is 0 Å². The molecule has 12 heavy (non-hydrogen) atoms. The molecular formula is C9H16N2S. The number of thiophene rings is 1. The summed E-state index contributed by atoms with van der Waals surface area (Å²) in [4.78, 5) is 4.87. The molecule has 1 unspecified atom stereocenters. The molecule has 0 amide bonds. The van der Waals surface area contributed by atoms with E-state index in [4.69, 9.17) is 5.73 Å². The Balaban J connectivity index is 2.80. The monoisotopic (exact) mass is 184 g/mol. The number of likely N-dealkylation sites (N-methyl/N-ethyl adjacent to an activating group) is 1. The van der Waals surface area contributed by atoms with Crippen molar-refractivity contribution >= 4 is 11.3 Å². The van der Waals surface area contributed by atoms with Crippen molar-refractivity contribution in [3.63, 3.8) is 0 Å². The van der Waals surface area contributed by atoms with Gasteiger partial charge in [0.15, 0.2) is 0 Å². The molecule has 68 valence electrons. The Bertz CT molecular complexity index is 242. The van der Waals surface area contributed by atoms with Crippen molar-refractivity contribution < 1.29 is 0 Å². The van der Waals surface area contributed by atoms with Crippen molar-refractivity contribution in [2.45, 2.75) is 13.0 Å². The Labute approximate surface area is 78.0 Å². The van der Waals surface area contributed by atoms with Gasteiger partial charge >= 0.3 is 0 Å². The van der Waals surface area contributed by atoms with Crippen LogP contribution in [0.4, 0.5) is 0 Å². The third-order valence-corrected chi connectivity index (χ3v) is 3.04. The Morgan fingerprint density at radius 3 is 2.50 bits per heavy atom. The number of hydrogen-bond donors (Lipinski definition) is 1. The van der Waals surface area contributed by atoms with Gasteiger partial charge < -0.3 is 10.6 Å². The first-order valence-electron chi connectivity index (χ1n) is 4.08. The molecule has 0 aliphatic carbocycles. The van der Waals surface area contributed by atoms with E-state index in [2.05, 4.69) is 38.1 Å². The molecule has 0 aliphatic rings. The lowest BCUT2D eigenvalue weighted by Crippen LogP contribution is -2.26. The van der Waals surface area contributed by atoms with Crippen LogP contribution in [0.3, 0.4) is 0 Å². The summed E-state index contributed by atoms with van der Waals surface area (Å²) in [6, 6.07) is 4.69. The van der Waals surface area contributed by atoms with Crippen LogP contribution in [0.2, 0.25) is 0 Å². The van der Waals surface area contributed by atoms with Gasteiger partial charge in [-0.15, -0.1) is 11.3 Å². The van der Waals surface area contributed by atoms with E-state index >= 15 is 0 Å². The molecule has 1 rings (SSSR count). The second-order valence-electron chi connectivity index (χ2n) is 3.16. The molecule has 1 atom stereocenters. The molecule has 0 saturated heterocycles. The summed E-state index contributed by atoms with van der Waals surface area (Å²) < 4.78 is 0. The summed E-state index contributed by atoms with van der Waals surface area (Å²) in [5.41, 5.74) is 5.68. The summed E-state index contributed by atoms with van der Waals surface area (Å²) >= 11 is 1.83. The zero-order valence-electron chi connectivity index (χ0n) is 7.87. The van der Waals surface area contributed by atoms with E-state index in [1.165, 1.54) is 9.75 Å². The van der Waals surface area contributed by atoms with Crippen molar-refractivity contribution in [1.82, 2.24) is 4.90 Å². The van der Waals surface area contributed by atoms with Crippen LogP contribution in [0.5, 0.6) is 0 Å². The highest BCUT2D eigenvalue weighted by molar-refractivity contribution is 7.12. The lowest BCUT2D eigenvalue weighted by molar-refractivity contribution is 0.310. The van der Waals surface area contributed by atoms with Gasteiger partial charge in [-0.2, -0.15) is 0 Å². The molecule has 2 nitrogen and oxygen atoms in total. The van der Waals surface area contributed by atoms with Crippen LogP contribution in [0.25, 0.3) is 0 Å². The Morgan fingerprint density at radius 2 is 2.17 bits per heavy atom. The minimum absolute atomic E-state index is 0.378. The van der Waals surface area contributed by atoms with Crippen molar-refractivity contribution in [2.75, 3.05) is 20.6 Å². The standard InChI is InChI=1S/C9H16N2S/c1-7-4-5-9(12-7)8(6-10)11(2)3/h4-5,8H,6,10H2,1-3H3. The summed E-state index contributed by atoms with van der Waals surface area (Å²) in [6.45, 7) is 2.81. The molecule has 0 aromatic carbocycles. The fraction of sp³-hybridized carbons (Fsp3) is 0.556. The highest BCUT2D eigenvalue weighted by Gasteiger charge is 2.12. The molecule has 0 radical (unpaired) electrons. The second kappa shape index (κ2) is 4.03. The van der Waals surface area contributed by atoms with Gasteiger partial charge in [-0.05, 0) is 33.2 Å². The van der Waals surface area contributed by atoms with E-state index in [-0.39, 0.29) is 0 Å². The zero-order chi connectivity index (χ0) is 9.14. The van der Waals surface area contributed by atoms with Gasteiger partial charge in [0.1, 0.15) is 0 Å². The van der Waals surface area contributed by atoms with E-state index < -0.39 is 0 Å². The highest BCUT2D eigenvalue weighted by Crippen LogP contribution is 2.24. The number of aryl methyl sites for hydroxylation is 1. The number of rotatable bonds is 3. The molecule has 0 spiro atoms. The van der Waals surface area contributed by atoms with Gasteiger partial charge in [-0.1, -0.05) is 0 Å². The Hall–Kier alpha value is -0.380. The maximum absolute atomic E-state index is 5.68. The molecule has 0 aliphatic heterocycles. The number of hydrogen-bond acceptors (Lipinski definition) is 3. The smallest absolute Gasteiger partial charge is 0.0559 e. The highest BCUT2D eigenvalue weighted by atomic mass is 32.1. The second-order valence-corrected chi connectivity index (χ2v) is 4.48. The molecular weight excluding hydrogens is 168 g/mol. The maximum atomic E-state index is 5.68. The third-order valence-electron chi connectivity index (χ3n) is 1.94. The fourth-order valence-corrected chi connectivity index (χ4v) is 2.30. The summed E-state index contributed by atoms with van der Waals surface area (Å²) in [6.07, 6.45) is 0. The summed E-state index contributed by atoms with van der Waals surface area (Å²) in [5, 5.41) is 0. The minimum atomic E-state index is 0.378. The van der Waals surface area contributed by atoms with Crippen LogP contribution in [-0.2, 0) is 0 Å². The predicted molar refractivity (Wildman–Crippen MR) is 54.5 cm³/mol. The van der Waals surface area contributed by atoms with E-state index in [1.807, 2.05) is 11.3 Å². The average molecular weight is 184 g/mol. The van der Waals surface area contributed by atoms with Crippen LogP contribution in [-0.4, -0.2) is 25.5 Å². The van der Waals surface area contributed by atoms with E-state index in [1.54, 1.807) is 0 Å². The molecule has 3 heteroatoms. The Morgan fingerprint density at radius 1 is 1.50 bits per heavy atom. The van der Waals surface area contributed by atoms with Gasteiger partial charge in [-0.25, -0.2) is 0 Å². The lowest BCUT2D eigenvalue weighted by Gasteiger charge is -2.20. The van der Waals surface area contributed by atoms with Crippen LogP contribution < -0.4 is 5.73 Å². The SMILES string of the molecule is Cc1ccc(C(CN)N(C)C)s1. The topological polar surface area (TPSA) is 29.3 Å². The normalized spacial score (nSPS) is 13.8. The third kappa shape index (κ3) is 2.06. The van der Waals surface area contributed by atoms with Crippen molar-refractivity contribution in [3.8, 4) is 0 Å². The molecule has 1 heterocycles. The van der Waals surface area contributed by atoms with Crippen molar-refractivity contribution in [3.05, 3.63) is 21.9 Å². The molecule has 1 aromatic heterocycles. The first kappa shape index (κ1) is 9.71. The number of nitrogens with zero attached hydrogens (tertiary/aromatic N) is 1. The number of nitrogens with two attached hydrogens (primary N) is 1. The van der Waals surface area contributed by atoms with Crippen LogP contribution >= 0.6 is 11.3 Å². The van der Waals surface area contributed by atoms with E-state index in [9.17, 15) is 0 Å². The van der Waals surface area contributed by atoms with Crippen molar-refractivity contribution in [2.24, 2.45) is 5.73 Å². The predicted octanol–water partition coefficient (Wildman–Crippen LogP) is 1.62. The van der Waals surface area contributed by atoms with Crippen LogP contribution in [0.1, 0.15) is 15.8 Å². The van der Waals surface area contributed by atoms with Crippen LogP contribution in [0, 0.1) is 6.92 Å². The van der Waals surface area contributed by atoms with E-state index in [0.717, 1.165) is 0 Å². The average Bonchev–Trinajstić information content (AvgIpc) is 2.37. The molecule has 0 fully saturated rings. The Kier molecular flexibility index (Phi) is 3.26. The maximum Gasteiger partial charge on any atom is 0.0559 e. The largest absolute Gasteiger partial charge is 0.329 e. The van der Waals surface area contributed by atoms with Crippen molar-refractivity contribution in [1.29, 1.82) is 0 Å². The zero-order valence-corrected chi connectivity index (χ0v) is 8.69. The fourth-order valence-electron chi connectivity index (χ4n) is 1.21. The van der Waals surface area contributed by atoms with Crippen LogP contribution in [0.15, 0.2) is 12.1 Å². The molecule has 0 bridgehead atoms. The van der Waals surface area contributed by atoms with Gasteiger partial charge in [0.25, 0.3) is 0 Å². The minimum Gasteiger partial charge on any atom is -0.329 e. The molecule has 0 saturated carbocycles. The first-order valence-corrected chi connectivity index (χ1v) is 4.89. The summed E-state index contributed by atoms with van der Waals surface area (Å²) in [7, 11) is 4.12. The molecule has 2 N–H and O–H groups in total. The first-order chi connectivity index (χ1) is 5.65. The van der Waals surface area contributed by atoms with Gasteiger partial charge in [0, 0.05) is 16.3 Å². The lowest BCUT2D eigenvalue weighted by atomic mass is 10.2. The van der Waals surface area contributed by atoms with E-state index in [0.29, 0.717) is 12.6 Å². The molecule has 1 aromatic rings. The van der Waals surface area contributed by atoms with Gasteiger partial charge in [0.2, 0.25) is 0 Å². The quantitative estimate of drug-likeness (QED) is 0.773.